The molecule has 1 saturated carbocycles. The molecule has 5 heteroatoms. The molecule has 0 aliphatic heterocycles. The molecule has 0 bridgehead atoms. The molecule has 1 aliphatic rings. The maximum atomic E-state index is 10.9. The lowest BCUT2D eigenvalue weighted by atomic mass is 10.0. The van der Waals surface area contributed by atoms with Crippen molar-refractivity contribution >= 4 is 5.97 Å². The van der Waals surface area contributed by atoms with E-state index in [2.05, 4.69) is 14.9 Å². The molecule has 110 valence electrons. The van der Waals surface area contributed by atoms with E-state index in [4.69, 9.17) is 5.11 Å². The van der Waals surface area contributed by atoms with Gasteiger partial charge in [-0.05, 0) is 24.0 Å². The Morgan fingerprint density at radius 2 is 2.10 bits per heavy atom. The topological polar surface area (TPSA) is 67.1 Å². The first-order valence-corrected chi connectivity index (χ1v) is 7.24. The van der Waals surface area contributed by atoms with Crippen molar-refractivity contribution < 1.29 is 9.90 Å². The van der Waals surface area contributed by atoms with Crippen molar-refractivity contribution in [3.63, 3.8) is 0 Å². The van der Waals surface area contributed by atoms with E-state index in [1.807, 2.05) is 30.5 Å². The molecule has 0 unspecified atom stereocenters. The fourth-order valence-corrected chi connectivity index (χ4v) is 2.40. The average molecular weight is 285 g/mol. The molecule has 0 atom stereocenters. The minimum atomic E-state index is -0.802. The smallest absolute Gasteiger partial charge is 0.307 e. The largest absolute Gasteiger partial charge is 0.481 e. The lowest BCUT2D eigenvalue weighted by molar-refractivity contribution is -0.136. The average Bonchev–Trinajstić information content (AvgIpc) is 3.18. The van der Waals surface area contributed by atoms with Crippen LogP contribution in [0.5, 0.6) is 0 Å². The summed E-state index contributed by atoms with van der Waals surface area (Å²) >= 11 is 0. The molecule has 1 aliphatic carbocycles. The van der Waals surface area contributed by atoms with Gasteiger partial charge in [0.2, 0.25) is 0 Å². The molecule has 1 aromatic heterocycles. The minimum absolute atomic E-state index is 0.0561. The lowest BCUT2D eigenvalue weighted by Crippen LogP contribution is -2.19. The van der Waals surface area contributed by atoms with Crippen LogP contribution in [-0.4, -0.2) is 26.7 Å². The van der Waals surface area contributed by atoms with Crippen LogP contribution in [0.15, 0.2) is 36.7 Å². The van der Waals surface area contributed by atoms with Gasteiger partial charge in [-0.2, -0.15) is 0 Å². The molecule has 5 nitrogen and oxygen atoms in total. The summed E-state index contributed by atoms with van der Waals surface area (Å²) in [5.41, 5.74) is 1.89. The van der Waals surface area contributed by atoms with Crippen molar-refractivity contribution in [2.24, 2.45) is 0 Å². The van der Waals surface area contributed by atoms with Crippen LogP contribution < -0.4 is 5.32 Å². The number of rotatable bonds is 7. The number of carbonyl (C=O) groups is 1. The summed E-state index contributed by atoms with van der Waals surface area (Å²) in [6, 6.07) is 8.33. The summed E-state index contributed by atoms with van der Waals surface area (Å²) < 4.78 is 2.08. The van der Waals surface area contributed by atoms with Gasteiger partial charge in [-0.3, -0.25) is 4.79 Å². The van der Waals surface area contributed by atoms with E-state index in [1.165, 1.54) is 12.8 Å². The Balaban J connectivity index is 1.73. The molecular formula is C16H19N3O2. The Labute approximate surface area is 123 Å². The first kappa shape index (κ1) is 13.8. The zero-order valence-electron chi connectivity index (χ0n) is 11.8. The van der Waals surface area contributed by atoms with Gasteiger partial charge in [-0.1, -0.05) is 24.3 Å². The van der Waals surface area contributed by atoms with Crippen molar-refractivity contribution in [1.82, 2.24) is 14.9 Å². The van der Waals surface area contributed by atoms with Gasteiger partial charge >= 0.3 is 5.97 Å². The van der Waals surface area contributed by atoms with Crippen LogP contribution in [0.25, 0.3) is 0 Å². The molecular weight excluding hydrogens is 266 g/mol. The molecule has 0 amide bonds. The Hall–Kier alpha value is -2.14. The highest BCUT2D eigenvalue weighted by atomic mass is 16.4. The van der Waals surface area contributed by atoms with Gasteiger partial charge in [0, 0.05) is 25.0 Å². The molecule has 0 radical (unpaired) electrons. The predicted octanol–water partition coefficient (Wildman–Crippen LogP) is 1.81. The monoisotopic (exact) mass is 285 g/mol. The van der Waals surface area contributed by atoms with Crippen molar-refractivity contribution in [2.75, 3.05) is 0 Å². The number of aliphatic carboxylic acids is 1. The summed E-state index contributed by atoms with van der Waals surface area (Å²) in [4.78, 5) is 15.3. The number of hydrogen-bond donors (Lipinski definition) is 2. The maximum Gasteiger partial charge on any atom is 0.307 e. The Morgan fingerprint density at radius 3 is 2.81 bits per heavy atom. The number of benzene rings is 1. The second-order valence-corrected chi connectivity index (χ2v) is 5.47. The second-order valence-electron chi connectivity index (χ2n) is 5.47. The highest BCUT2D eigenvalue weighted by molar-refractivity contribution is 5.70. The molecule has 1 fully saturated rings. The molecule has 2 N–H and O–H groups in total. The molecule has 0 saturated heterocycles. The summed E-state index contributed by atoms with van der Waals surface area (Å²) in [6.07, 6.45) is 6.30. The Kier molecular flexibility index (Phi) is 4.01. The molecule has 0 spiro atoms. The molecule has 2 aromatic rings. The van der Waals surface area contributed by atoms with E-state index >= 15 is 0 Å². The first-order chi connectivity index (χ1) is 10.2. The number of imidazole rings is 1. The van der Waals surface area contributed by atoms with Crippen LogP contribution in [0, 0.1) is 0 Å². The van der Waals surface area contributed by atoms with Crippen molar-refractivity contribution in [3.8, 4) is 0 Å². The zero-order valence-corrected chi connectivity index (χ0v) is 11.8. The fraction of sp³-hybridized carbons (Fsp3) is 0.375. The third-order valence-corrected chi connectivity index (χ3v) is 3.73. The van der Waals surface area contributed by atoms with Crippen LogP contribution in [0.4, 0.5) is 0 Å². The van der Waals surface area contributed by atoms with Crippen LogP contribution in [0.2, 0.25) is 0 Å². The molecule has 3 rings (SSSR count). The normalized spacial score (nSPS) is 14.3. The number of hydrogen-bond acceptors (Lipinski definition) is 3. The van der Waals surface area contributed by atoms with Crippen LogP contribution in [0.3, 0.4) is 0 Å². The quantitative estimate of drug-likeness (QED) is 0.814. The van der Waals surface area contributed by atoms with E-state index in [9.17, 15) is 4.79 Å². The minimum Gasteiger partial charge on any atom is -0.481 e. The van der Waals surface area contributed by atoms with Gasteiger partial charge in [0.15, 0.2) is 0 Å². The zero-order chi connectivity index (χ0) is 14.7. The summed E-state index contributed by atoms with van der Waals surface area (Å²) in [6.45, 7) is 1.42. The summed E-state index contributed by atoms with van der Waals surface area (Å²) in [5.74, 6) is 0.190. The SMILES string of the molecule is O=C(O)Cc1ccccc1Cn1ccnc1CNC1CC1. The number of nitrogens with zero attached hydrogens (tertiary/aromatic N) is 2. The van der Waals surface area contributed by atoms with Gasteiger partial charge in [0.1, 0.15) is 5.82 Å². The third-order valence-electron chi connectivity index (χ3n) is 3.73. The number of carboxylic acid groups (broad SMARTS) is 1. The summed E-state index contributed by atoms with van der Waals surface area (Å²) in [7, 11) is 0. The van der Waals surface area contributed by atoms with Gasteiger partial charge in [0.25, 0.3) is 0 Å². The summed E-state index contributed by atoms with van der Waals surface area (Å²) in [5, 5.41) is 12.4. The number of aromatic nitrogens is 2. The van der Waals surface area contributed by atoms with Crippen molar-refractivity contribution in [1.29, 1.82) is 0 Å². The third kappa shape index (κ3) is 3.70. The van der Waals surface area contributed by atoms with Gasteiger partial charge in [-0.15, -0.1) is 0 Å². The number of nitrogens with one attached hydrogen (secondary N) is 1. The van der Waals surface area contributed by atoms with Crippen molar-refractivity contribution in [3.05, 3.63) is 53.6 Å². The lowest BCUT2D eigenvalue weighted by Gasteiger charge is -2.11. The standard InChI is InChI=1S/C16H19N3O2/c20-16(21)9-12-3-1-2-4-13(12)11-19-8-7-17-15(19)10-18-14-5-6-14/h1-4,7-8,14,18H,5-6,9-11H2,(H,20,21). The van der Waals surface area contributed by atoms with E-state index in [1.54, 1.807) is 6.20 Å². The van der Waals surface area contributed by atoms with Crippen LogP contribution in [-0.2, 0) is 24.3 Å². The Morgan fingerprint density at radius 1 is 1.33 bits per heavy atom. The van der Waals surface area contributed by atoms with Gasteiger partial charge in [-0.25, -0.2) is 4.98 Å². The van der Waals surface area contributed by atoms with E-state index < -0.39 is 5.97 Å². The fourth-order valence-electron chi connectivity index (χ4n) is 2.40. The van der Waals surface area contributed by atoms with Crippen molar-refractivity contribution in [2.45, 2.75) is 38.4 Å². The van der Waals surface area contributed by atoms with Crippen LogP contribution >= 0.6 is 0 Å². The Bertz CT molecular complexity index is 632. The van der Waals surface area contributed by atoms with Gasteiger partial charge in [0.05, 0.1) is 13.0 Å². The first-order valence-electron chi connectivity index (χ1n) is 7.24. The maximum absolute atomic E-state index is 10.9. The molecule has 1 heterocycles. The highest BCUT2D eigenvalue weighted by Gasteiger charge is 2.20. The van der Waals surface area contributed by atoms with E-state index in [-0.39, 0.29) is 6.42 Å². The number of carboxylic acids is 1. The highest BCUT2D eigenvalue weighted by Crippen LogP contribution is 2.19. The van der Waals surface area contributed by atoms with Crippen LogP contribution in [0.1, 0.15) is 29.8 Å². The van der Waals surface area contributed by atoms with E-state index in [0.29, 0.717) is 12.6 Å². The van der Waals surface area contributed by atoms with Gasteiger partial charge < -0.3 is 15.0 Å². The predicted molar refractivity (Wildman–Crippen MR) is 79.0 cm³/mol. The second kappa shape index (κ2) is 6.10. The molecule has 1 aromatic carbocycles. The molecule has 21 heavy (non-hydrogen) atoms. The van der Waals surface area contributed by atoms with E-state index in [0.717, 1.165) is 23.5 Å².